The highest BCUT2D eigenvalue weighted by molar-refractivity contribution is 6.76. The van der Waals surface area contributed by atoms with Crippen molar-refractivity contribution in [3.63, 3.8) is 0 Å². The van der Waals surface area contributed by atoms with Crippen molar-refractivity contribution in [2.24, 2.45) is 0 Å². The molecule has 0 aliphatic rings. The van der Waals surface area contributed by atoms with E-state index in [1.807, 2.05) is 0 Å². The van der Waals surface area contributed by atoms with Crippen LogP contribution in [0.5, 0.6) is 0 Å². The van der Waals surface area contributed by atoms with E-state index in [1.54, 1.807) is 11.9 Å². The smallest absolute Gasteiger partial charge is 0.422 e. The first-order valence-electron chi connectivity index (χ1n) is 5.63. The van der Waals surface area contributed by atoms with Gasteiger partial charge in [-0.2, -0.15) is 0 Å². The monoisotopic (exact) mass is 258 g/mol. The highest BCUT2D eigenvalue weighted by Crippen LogP contribution is 2.08. The molecule has 7 heteroatoms. The number of nitrogens with one attached hydrogen (secondary N) is 1. The van der Waals surface area contributed by atoms with Gasteiger partial charge in [0.2, 0.25) is 0 Å². The number of rotatable bonds is 8. The molecule has 98 valence electrons. The van der Waals surface area contributed by atoms with Crippen molar-refractivity contribution in [1.29, 1.82) is 5.41 Å². The van der Waals surface area contributed by atoms with E-state index < -0.39 is 15.2 Å². The maximum Gasteiger partial charge on any atom is 0.505 e. The Labute approximate surface area is 105 Å². The van der Waals surface area contributed by atoms with Crippen LogP contribution in [0.1, 0.15) is 0 Å². The normalized spacial score (nSPS) is 12.5. The SMILES string of the molecule is CN(COCC[Si](C)(C)C)C(=CC=N)B(O)O. The van der Waals surface area contributed by atoms with Crippen LogP contribution in [0.25, 0.3) is 0 Å². The van der Waals surface area contributed by atoms with Crippen molar-refractivity contribution in [1.82, 2.24) is 4.90 Å². The van der Waals surface area contributed by atoms with Gasteiger partial charge in [-0.3, -0.25) is 0 Å². The van der Waals surface area contributed by atoms with Gasteiger partial charge in [-0.05, 0) is 12.1 Å². The van der Waals surface area contributed by atoms with Crippen LogP contribution in [0, 0.1) is 5.41 Å². The summed E-state index contributed by atoms with van der Waals surface area (Å²) in [7, 11) is -0.970. The maximum absolute atomic E-state index is 9.09. The molecule has 0 atom stereocenters. The zero-order valence-corrected chi connectivity index (χ0v) is 12.1. The van der Waals surface area contributed by atoms with Crippen LogP contribution in [0.15, 0.2) is 11.7 Å². The molecule has 5 nitrogen and oxygen atoms in total. The van der Waals surface area contributed by atoms with E-state index in [9.17, 15) is 0 Å². The molecule has 0 spiro atoms. The van der Waals surface area contributed by atoms with Crippen LogP contribution >= 0.6 is 0 Å². The fraction of sp³-hybridized carbons (Fsp3) is 0.700. The van der Waals surface area contributed by atoms with Gasteiger partial charge in [0.1, 0.15) is 6.73 Å². The topological polar surface area (TPSA) is 76.8 Å². The van der Waals surface area contributed by atoms with Gasteiger partial charge < -0.3 is 25.1 Å². The van der Waals surface area contributed by atoms with Gasteiger partial charge in [0.15, 0.2) is 0 Å². The molecule has 0 aliphatic carbocycles. The average molecular weight is 258 g/mol. The van der Waals surface area contributed by atoms with E-state index >= 15 is 0 Å². The average Bonchev–Trinajstić information content (AvgIpc) is 2.18. The summed E-state index contributed by atoms with van der Waals surface area (Å²) >= 11 is 0. The van der Waals surface area contributed by atoms with Gasteiger partial charge in [-0.25, -0.2) is 0 Å². The van der Waals surface area contributed by atoms with Crippen LogP contribution in [-0.2, 0) is 4.74 Å². The molecular weight excluding hydrogens is 235 g/mol. The molecule has 0 amide bonds. The van der Waals surface area contributed by atoms with Crippen molar-refractivity contribution < 1.29 is 14.8 Å². The zero-order valence-electron chi connectivity index (χ0n) is 11.1. The molecule has 0 aromatic rings. The Kier molecular flexibility index (Phi) is 7.37. The Balaban J connectivity index is 4.04. The van der Waals surface area contributed by atoms with E-state index in [4.69, 9.17) is 20.2 Å². The molecule has 0 saturated carbocycles. The molecule has 0 heterocycles. The molecule has 0 rings (SSSR count). The number of hydrogen-bond acceptors (Lipinski definition) is 5. The summed E-state index contributed by atoms with van der Waals surface area (Å²) in [6.07, 6.45) is 2.36. The van der Waals surface area contributed by atoms with E-state index in [1.165, 1.54) is 6.08 Å². The summed E-state index contributed by atoms with van der Waals surface area (Å²) in [6.45, 7) is 7.80. The Hall–Kier alpha value is -0.628. The minimum Gasteiger partial charge on any atom is -0.422 e. The maximum atomic E-state index is 9.09. The third kappa shape index (κ3) is 8.14. The lowest BCUT2D eigenvalue weighted by atomic mass is 9.85. The first kappa shape index (κ1) is 16.4. The molecular formula is C10H23BN2O3Si. The lowest BCUT2D eigenvalue weighted by molar-refractivity contribution is 0.0700. The van der Waals surface area contributed by atoms with Gasteiger partial charge in [0, 0.05) is 33.5 Å². The molecule has 0 aromatic heterocycles. The largest absolute Gasteiger partial charge is 0.505 e. The van der Waals surface area contributed by atoms with Crippen molar-refractivity contribution >= 4 is 21.4 Å². The summed E-state index contributed by atoms with van der Waals surface area (Å²) in [5.41, 5.74) is 0.257. The summed E-state index contributed by atoms with van der Waals surface area (Å²) in [5, 5.41) is 25.1. The predicted octanol–water partition coefficient (Wildman–Crippen LogP) is 0.776. The molecule has 17 heavy (non-hydrogen) atoms. The fourth-order valence-electron chi connectivity index (χ4n) is 1.15. The summed E-state index contributed by atoms with van der Waals surface area (Å²) in [4.78, 5) is 1.58. The first-order chi connectivity index (χ1) is 7.78. The Morgan fingerprint density at radius 3 is 2.41 bits per heavy atom. The minimum absolute atomic E-state index is 0.257. The number of hydrogen-bond donors (Lipinski definition) is 3. The van der Waals surface area contributed by atoms with Gasteiger partial charge >= 0.3 is 7.12 Å². The molecule has 0 fully saturated rings. The lowest BCUT2D eigenvalue weighted by Crippen LogP contribution is -2.32. The quantitative estimate of drug-likeness (QED) is 0.260. The van der Waals surface area contributed by atoms with Gasteiger partial charge in [0.05, 0.1) is 0 Å². The van der Waals surface area contributed by atoms with Crippen LogP contribution < -0.4 is 0 Å². The summed E-state index contributed by atoms with van der Waals surface area (Å²) < 4.78 is 5.47. The van der Waals surface area contributed by atoms with Crippen LogP contribution in [0.2, 0.25) is 25.7 Å². The van der Waals surface area contributed by atoms with Crippen LogP contribution in [0.3, 0.4) is 0 Å². The van der Waals surface area contributed by atoms with Gasteiger partial charge in [-0.15, -0.1) is 0 Å². The lowest BCUT2D eigenvalue weighted by Gasteiger charge is -2.23. The molecule has 0 unspecified atom stereocenters. The molecule has 0 bridgehead atoms. The molecule has 0 aromatic carbocycles. The summed E-state index contributed by atoms with van der Waals surface area (Å²) in [5.74, 6) is 0. The third-order valence-electron chi connectivity index (χ3n) is 2.24. The first-order valence-corrected chi connectivity index (χ1v) is 9.34. The van der Waals surface area contributed by atoms with Crippen molar-refractivity contribution in [3.8, 4) is 0 Å². The van der Waals surface area contributed by atoms with Crippen LogP contribution in [-0.4, -0.2) is 56.7 Å². The van der Waals surface area contributed by atoms with Crippen LogP contribution in [0.4, 0.5) is 0 Å². The van der Waals surface area contributed by atoms with Gasteiger partial charge in [-0.1, -0.05) is 19.6 Å². The van der Waals surface area contributed by atoms with E-state index in [0.29, 0.717) is 13.3 Å². The minimum atomic E-state index is -1.58. The zero-order chi connectivity index (χ0) is 13.5. The molecule has 0 radical (unpaired) electrons. The second kappa shape index (κ2) is 7.65. The van der Waals surface area contributed by atoms with Crippen molar-refractivity contribution in [2.45, 2.75) is 25.7 Å². The fourth-order valence-corrected chi connectivity index (χ4v) is 1.91. The standard InChI is InChI=1S/C10H23BN2O3Si/c1-13(10(5-6-12)11(14)15)9-16-7-8-17(2,3)4/h5-6,12,14-15H,7-9H2,1-4H3. The number of ether oxygens (including phenoxy) is 1. The third-order valence-corrected chi connectivity index (χ3v) is 3.94. The van der Waals surface area contributed by atoms with E-state index in [0.717, 1.165) is 12.3 Å². The molecule has 0 aliphatic heterocycles. The Morgan fingerprint density at radius 1 is 1.41 bits per heavy atom. The Morgan fingerprint density at radius 2 is 2.00 bits per heavy atom. The number of nitrogens with zero attached hydrogens (tertiary/aromatic N) is 1. The van der Waals surface area contributed by atoms with Crippen molar-refractivity contribution in [3.05, 3.63) is 11.7 Å². The molecule has 0 saturated heterocycles. The highest BCUT2D eigenvalue weighted by atomic mass is 28.3. The van der Waals surface area contributed by atoms with Crippen molar-refractivity contribution in [2.75, 3.05) is 20.4 Å². The number of allylic oxidation sites excluding steroid dienone is 1. The van der Waals surface area contributed by atoms with E-state index in [-0.39, 0.29) is 5.60 Å². The second-order valence-corrected chi connectivity index (χ2v) is 10.8. The Bertz CT molecular complexity index is 267. The second-order valence-electron chi connectivity index (χ2n) is 5.18. The van der Waals surface area contributed by atoms with Gasteiger partial charge in [0.25, 0.3) is 0 Å². The molecule has 3 N–H and O–H groups in total. The predicted molar refractivity (Wildman–Crippen MR) is 73.8 cm³/mol. The summed E-state index contributed by atoms with van der Waals surface area (Å²) in [6, 6.07) is 1.08. The highest BCUT2D eigenvalue weighted by Gasteiger charge is 2.19. The van der Waals surface area contributed by atoms with E-state index in [2.05, 4.69) is 19.6 Å².